The van der Waals surface area contributed by atoms with Gasteiger partial charge < -0.3 is 15.7 Å². The topological polar surface area (TPSA) is 78.4 Å². The highest BCUT2D eigenvalue weighted by Crippen LogP contribution is 2.23. The Morgan fingerprint density at radius 1 is 1.19 bits per heavy atom. The first-order chi connectivity index (χ1) is 12.7. The number of aliphatic hydroxyl groups is 1. The molecule has 0 heterocycles. The van der Waals surface area contributed by atoms with Crippen LogP contribution < -0.4 is 10.6 Å². The van der Waals surface area contributed by atoms with Gasteiger partial charge in [0, 0.05) is 17.3 Å². The minimum Gasteiger partial charge on any atom is -0.383 e. The Balaban J connectivity index is 1.93. The zero-order chi connectivity index (χ0) is 20.0. The average molecular weight is 374 g/mol. The van der Waals surface area contributed by atoms with Crippen LogP contribution in [-0.4, -0.2) is 23.5 Å². The van der Waals surface area contributed by atoms with Gasteiger partial charge in [0.1, 0.15) is 17.2 Å². The fourth-order valence-electron chi connectivity index (χ4n) is 2.44. The smallest absolute Gasteiger partial charge is 0.247 e. The molecule has 0 saturated heterocycles. The van der Waals surface area contributed by atoms with Crippen LogP contribution in [0.3, 0.4) is 0 Å². The number of amides is 2. The molecule has 0 aliphatic rings. The summed E-state index contributed by atoms with van der Waals surface area (Å²) in [6, 6.07) is 9.51. The van der Waals surface area contributed by atoms with Gasteiger partial charge in [-0.3, -0.25) is 9.59 Å². The number of nitrogens with one attached hydrogen (secondary N) is 2. The molecule has 142 valence electrons. The predicted molar refractivity (Wildman–Crippen MR) is 97.9 cm³/mol. The van der Waals surface area contributed by atoms with Crippen LogP contribution in [0.5, 0.6) is 0 Å². The van der Waals surface area contributed by atoms with Crippen molar-refractivity contribution >= 4 is 17.5 Å². The van der Waals surface area contributed by atoms with Crippen LogP contribution in [0.1, 0.15) is 18.1 Å². The quantitative estimate of drug-likeness (QED) is 0.652. The lowest BCUT2D eigenvalue weighted by Crippen LogP contribution is -2.39. The maximum Gasteiger partial charge on any atom is 0.247 e. The van der Waals surface area contributed by atoms with Gasteiger partial charge in [0.05, 0.1) is 13.0 Å². The first-order valence-corrected chi connectivity index (χ1v) is 8.18. The molecule has 0 saturated carbocycles. The van der Waals surface area contributed by atoms with E-state index in [1.54, 1.807) is 24.3 Å². The molecule has 0 radical (unpaired) electrons. The Kier molecular flexibility index (Phi) is 6.41. The van der Waals surface area contributed by atoms with Crippen LogP contribution in [0.4, 0.5) is 14.5 Å². The third-order valence-electron chi connectivity index (χ3n) is 3.91. The normalized spacial score (nSPS) is 12.7. The summed E-state index contributed by atoms with van der Waals surface area (Å²) in [5.41, 5.74) is -0.534. The summed E-state index contributed by atoms with van der Waals surface area (Å²) >= 11 is 0. The summed E-state index contributed by atoms with van der Waals surface area (Å²) in [5.74, 6) is -2.34. The van der Waals surface area contributed by atoms with E-state index in [1.165, 1.54) is 6.92 Å². The van der Waals surface area contributed by atoms with Gasteiger partial charge in [0.25, 0.3) is 0 Å². The van der Waals surface area contributed by atoms with E-state index in [2.05, 4.69) is 17.2 Å². The molecule has 0 spiro atoms. The number of rotatable bonds is 7. The van der Waals surface area contributed by atoms with Crippen molar-refractivity contribution < 1.29 is 23.5 Å². The number of carbonyl (C=O) groups is 2. The van der Waals surface area contributed by atoms with Gasteiger partial charge in [0.2, 0.25) is 11.8 Å². The van der Waals surface area contributed by atoms with Gasteiger partial charge in [0.15, 0.2) is 0 Å². The van der Waals surface area contributed by atoms with Gasteiger partial charge in [-0.15, -0.1) is 0 Å². The van der Waals surface area contributed by atoms with E-state index < -0.39 is 17.2 Å². The van der Waals surface area contributed by atoms with Crippen LogP contribution in [0.25, 0.3) is 0 Å². The van der Waals surface area contributed by atoms with E-state index in [9.17, 15) is 23.5 Å². The zero-order valence-corrected chi connectivity index (χ0v) is 14.8. The SMILES string of the molecule is C=CC(=O)Nc1ccc(CC(=O)NCC(C)(O)c2ccc(F)cc2F)cc1. The molecule has 0 aromatic heterocycles. The summed E-state index contributed by atoms with van der Waals surface area (Å²) in [7, 11) is 0. The molecule has 1 unspecified atom stereocenters. The Bertz CT molecular complexity index is 849. The molecule has 5 nitrogen and oxygen atoms in total. The minimum atomic E-state index is -1.69. The summed E-state index contributed by atoms with van der Waals surface area (Å²) in [5, 5.41) is 15.5. The Morgan fingerprint density at radius 3 is 2.44 bits per heavy atom. The second kappa shape index (κ2) is 8.55. The first-order valence-electron chi connectivity index (χ1n) is 8.18. The van der Waals surface area contributed by atoms with Gasteiger partial charge in [-0.1, -0.05) is 24.8 Å². The summed E-state index contributed by atoms with van der Waals surface area (Å²) in [4.78, 5) is 23.3. The summed E-state index contributed by atoms with van der Waals surface area (Å²) in [6.45, 7) is 4.46. The molecule has 2 aromatic rings. The molecular formula is C20H20F2N2O3. The molecule has 0 aliphatic carbocycles. The zero-order valence-electron chi connectivity index (χ0n) is 14.8. The van der Waals surface area contributed by atoms with Crippen molar-refractivity contribution in [3.63, 3.8) is 0 Å². The van der Waals surface area contributed by atoms with Crippen molar-refractivity contribution in [2.75, 3.05) is 11.9 Å². The molecule has 7 heteroatoms. The fourth-order valence-corrected chi connectivity index (χ4v) is 2.44. The molecule has 3 N–H and O–H groups in total. The van der Waals surface area contributed by atoms with E-state index in [0.29, 0.717) is 17.3 Å². The van der Waals surface area contributed by atoms with Crippen LogP contribution in [0.2, 0.25) is 0 Å². The second-order valence-electron chi connectivity index (χ2n) is 6.24. The molecule has 1 atom stereocenters. The second-order valence-corrected chi connectivity index (χ2v) is 6.24. The van der Waals surface area contributed by atoms with E-state index in [-0.39, 0.29) is 30.3 Å². The highest BCUT2D eigenvalue weighted by atomic mass is 19.1. The number of carbonyl (C=O) groups excluding carboxylic acids is 2. The van der Waals surface area contributed by atoms with E-state index in [1.807, 2.05) is 0 Å². The molecule has 0 aliphatic heterocycles. The van der Waals surface area contributed by atoms with Crippen LogP contribution in [0.15, 0.2) is 55.1 Å². The summed E-state index contributed by atoms with van der Waals surface area (Å²) < 4.78 is 26.8. The van der Waals surface area contributed by atoms with Gasteiger partial charge >= 0.3 is 0 Å². The Morgan fingerprint density at radius 2 is 1.85 bits per heavy atom. The first kappa shape index (κ1) is 20.3. The minimum absolute atomic E-state index is 0.0393. The van der Waals surface area contributed by atoms with Gasteiger partial charge in [-0.25, -0.2) is 8.78 Å². The van der Waals surface area contributed by atoms with Crippen molar-refractivity contribution in [2.24, 2.45) is 0 Å². The number of halogens is 2. The lowest BCUT2D eigenvalue weighted by Gasteiger charge is -2.24. The molecule has 2 amide bonds. The highest BCUT2D eigenvalue weighted by Gasteiger charge is 2.27. The van der Waals surface area contributed by atoms with Gasteiger partial charge in [-0.2, -0.15) is 0 Å². The van der Waals surface area contributed by atoms with Crippen LogP contribution in [0, 0.1) is 11.6 Å². The van der Waals surface area contributed by atoms with Crippen LogP contribution >= 0.6 is 0 Å². The third kappa shape index (κ3) is 5.72. The maximum absolute atomic E-state index is 13.8. The fraction of sp³-hybridized carbons (Fsp3) is 0.200. The number of benzene rings is 2. The monoisotopic (exact) mass is 374 g/mol. The number of hydrogen-bond acceptors (Lipinski definition) is 3. The molecule has 27 heavy (non-hydrogen) atoms. The van der Waals surface area contributed by atoms with Crippen molar-refractivity contribution in [1.29, 1.82) is 0 Å². The molecule has 2 aromatic carbocycles. The number of anilines is 1. The average Bonchev–Trinajstić information content (AvgIpc) is 2.61. The molecule has 0 bridgehead atoms. The van der Waals surface area contributed by atoms with Crippen molar-refractivity contribution in [3.05, 3.63) is 77.9 Å². The number of hydrogen-bond donors (Lipinski definition) is 3. The van der Waals surface area contributed by atoms with Crippen molar-refractivity contribution in [3.8, 4) is 0 Å². The van der Waals surface area contributed by atoms with E-state index in [0.717, 1.165) is 18.2 Å². The molecule has 0 fully saturated rings. The summed E-state index contributed by atoms with van der Waals surface area (Å²) in [6.07, 6.45) is 1.19. The van der Waals surface area contributed by atoms with E-state index >= 15 is 0 Å². The lowest BCUT2D eigenvalue weighted by molar-refractivity contribution is -0.121. The van der Waals surface area contributed by atoms with Gasteiger partial charge in [-0.05, 0) is 36.8 Å². The largest absolute Gasteiger partial charge is 0.383 e. The molecular weight excluding hydrogens is 354 g/mol. The highest BCUT2D eigenvalue weighted by molar-refractivity contribution is 5.98. The van der Waals surface area contributed by atoms with Crippen molar-refractivity contribution in [2.45, 2.75) is 18.9 Å². The Labute approximate surface area is 155 Å². The lowest BCUT2D eigenvalue weighted by atomic mass is 9.95. The predicted octanol–water partition coefficient (Wildman–Crippen LogP) is 2.66. The van der Waals surface area contributed by atoms with E-state index in [4.69, 9.17) is 0 Å². The molecule has 2 rings (SSSR count). The Hall–Kier alpha value is -3.06. The third-order valence-corrected chi connectivity index (χ3v) is 3.91. The maximum atomic E-state index is 13.8. The van der Waals surface area contributed by atoms with Crippen molar-refractivity contribution in [1.82, 2.24) is 5.32 Å². The standard InChI is InChI=1S/C20H20F2N2O3/c1-3-18(25)24-15-7-4-13(5-8-15)10-19(26)23-12-20(2,27)16-9-6-14(21)11-17(16)22/h3-9,11,27H,1,10,12H2,2H3,(H,23,26)(H,24,25). The van der Waals surface area contributed by atoms with Crippen LogP contribution in [-0.2, 0) is 21.6 Å².